The van der Waals surface area contributed by atoms with E-state index in [1.54, 1.807) is 35.5 Å². The molecule has 0 amide bonds. The van der Waals surface area contributed by atoms with Crippen LogP contribution in [0.15, 0.2) is 29.2 Å². The Morgan fingerprint density at radius 1 is 1.14 bits per heavy atom. The highest BCUT2D eigenvalue weighted by Crippen LogP contribution is 2.22. The lowest BCUT2D eigenvalue weighted by molar-refractivity contribution is 0.199. The Morgan fingerprint density at radius 2 is 1.71 bits per heavy atom. The van der Waals surface area contributed by atoms with Crippen molar-refractivity contribution in [1.82, 2.24) is 4.31 Å². The molecule has 0 spiro atoms. The molecule has 0 aromatic heterocycles. The smallest absolute Gasteiger partial charge is 0.243 e. The molecule has 4 nitrogen and oxygen atoms in total. The highest BCUT2D eigenvalue weighted by atomic mass is 32.2. The first-order valence-corrected chi connectivity index (χ1v) is 9.08. The van der Waals surface area contributed by atoms with Crippen LogP contribution in [0.2, 0.25) is 0 Å². The van der Waals surface area contributed by atoms with Gasteiger partial charge in [-0.2, -0.15) is 4.31 Å². The van der Waals surface area contributed by atoms with Gasteiger partial charge in [0.25, 0.3) is 0 Å². The van der Waals surface area contributed by atoms with Gasteiger partial charge in [0.05, 0.1) is 11.0 Å². The van der Waals surface area contributed by atoms with E-state index in [4.69, 9.17) is 0 Å². The first-order valence-electron chi connectivity index (χ1n) is 7.64. The van der Waals surface area contributed by atoms with Gasteiger partial charge in [-0.25, -0.2) is 8.42 Å². The summed E-state index contributed by atoms with van der Waals surface area (Å²) in [5.41, 5.74) is 0.720. The molecule has 0 aliphatic heterocycles. The number of aliphatic hydroxyl groups excluding tert-OH is 1. The van der Waals surface area contributed by atoms with Crippen molar-refractivity contribution in [3.8, 4) is 0 Å². The minimum absolute atomic E-state index is 0.0157. The van der Waals surface area contributed by atoms with Gasteiger partial charge in [0, 0.05) is 12.6 Å². The van der Waals surface area contributed by atoms with Crippen molar-refractivity contribution >= 4 is 10.0 Å². The molecular formula is C16H27NO3S. The number of aliphatic hydroxyl groups is 1. The second-order valence-corrected chi connectivity index (χ2v) is 7.36. The summed E-state index contributed by atoms with van der Waals surface area (Å²) in [6.07, 6.45) is 2.01. The van der Waals surface area contributed by atoms with E-state index in [1.807, 2.05) is 13.8 Å². The van der Waals surface area contributed by atoms with E-state index in [-0.39, 0.29) is 6.04 Å². The Morgan fingerprint density at radius 3 is 2.14 bits per heavy atom. The van der Waals surface area contributed by atoms with Crippen LogP contribution < -0.4 is 0 Å². The predicted molar refractivity (Wildman–Crippen MR) is 85.6 cm³/mol. The van der Waals surface area contributed by atoms with Crippen LogP contribution in [0.5, 0.6) is 0 Å². The van der Waals surface area contributed by atoms with Crippen LogP contribution in [-0.2, 0) is 10.0 Å². The van der Waals surface area contributed by atoms with E-state index in [2.05, 4.69) is 6.92 Å². The van der Waals surface area contributed by atoms with Gasteiger partial charge >= 0.3 is 0 Å². The van der Waals surface area contributed by atoms with Crippen molar-refractivity contribution in [2.24, 2.45) is 0 Å². The summed E-state index contributed by atoms with van der Waals surface area (Å²) >= 11 is 0. The number of rotatable bonds is 8. The van der Waals surface area contributed by atoms with Crippen molar-refractivity contribution in [1.29, 1.82) is 0 Å². The van der Waals surface area contributed by atoms with E-state index in [0.29, 0.717) is 11.4 Å². The average molecular weight is 313 g/mol. The lowest BCUT2D eigenvalue weighted by atomic mass is 10.1. The van der Waals surface area contributed by atoms with E-state index in [0.717, 1.165) is 24.8 Å². The van der Waals surface area contributed by atoms with Crippen LogP contribution in [-0.4, -0.2) is 30.4 Å². The maximum absolute atomic E-state index is 12.8. The number of hydrogen-bond donors (Lipinski definition) is 1. The summed E-state index contributed by atoms with van der Waals surface area (Å²) < 4.78 is 27.2. The Hall–Kier alpha value is -0.910. The van der Waals surface area contributed by atoms with Gasteiger partial charge in [-0.3, -0.25) is 0 Å². The molecule has 2 atom stereocenters. The summed E-state index contributed by atoms with van der Waals surface area (Å²) in [5, 5.41) is 9.51. The topological polar surface area (TPSA) is 57.6 Å². The quantitative estimate of drug-likeness (QED) is 0.801. The van der Waals surface area contributed by atoms with Gasteiger partial charge in [0.15, 0.2) is 0 Å². The molecule has 120 valence electrons. The predicted octanol–water partition coefficient (Wildman–Crippen LogP) is 3.33. The average Bonchev–Trinajstić information content (AvgIpc) is 2.47. The van der Waals surface area contributed by atoms with Crippen LogP contribution in [0.25, 0.3) is 0 Å². The Kier molecular flexibility index (Phi) is 6.84. The Balaban J connectivity index is 3.09. The van der Waals surface area contributed by atoms with E-state index >= 15 is 0 Å². The maximum Gasteiger partial charge on any atom is 0.243 e. The SMILES string of the molecule is CCCCN(C(C)CC)S(=O)(=O)c1ccc(C(C)O)cc1. The number of unbranched alkanes of at least 4 members (excludes halogenated alkanes) is 1. The molecule has 0 bridgehead atoms. The molecule has 0 aliphatic carbocycles. The van der Waals surface area contributed by atoms with Gasteiger partial charge in [0.2, 0.25) is 10.0 Å². The molecule has 1 N–H and O–H groups in total. The molecule has 0 aliphatic rings. The Bertz CT molecular complexity index is 523. The Labute approximate surface area is 128 Å². The molecule has 0 heterocycles. The van der Waals surface area contributed by atoms with Gasteiger partial charge in [-0.15, -0.1) is 0 Å². The van der Waals surface area contributed by atoms with Gasteiger partial charge in [-0.05, 0) is 44.4 Å². The lowest BCUT2D eigenvalue weighted by Crippen LogP contribution is -2.39. The molecule has 0 fully saturated rings. The molecule has 1 aromatic carbocycles. The molecular weight excluding hydrogens is 286 g/mol. The van der Waals surface area contributed by atoms with Crippen LogP contribution in [0.3, 0.4) is 0 Å². The first-order chi connectivity index (χ1) is 9.84. The maximum atomic E-state index is 12.8. The second-order valence-electron chi connectivity index (χ2n) is 5.47. The fraction of sp³-hybridized carbons (Fsp3) is 0.625. The standard InChI is InChI=1S/C16H27NO3S/c1-5-7-12-17(13(3)6-2)21(19,20)16-10-8-15(9-11-16)14(4)18/h8-11,13-14,18H,5-7,12H2,1-4H3. The molecule has 0 radical (unpaired) electrons. The van der Waals surface area contributed by atoms with Crippen molar-refractivity contribution in [2.45, 2.75) is 64.0 Å². The number of hydrogen-bond acceptors (Lipinski definition) is 3. The fourth-order valence-corrected chi connectivity index (χ4v) is 3.89. The van der Waals surface area contributed by atoms with Gasteiger partial charge in [0.1, 0.15) is 0 Å². The molecule has 1 rings (SSSR count). The third-order valence-electron chi connectivity index (χ3n) is 3.78. The van der Waals surface area contributed by atoms with Gasteiger partial charge in [-0.1, -0.05) is 32.4 Å². The molecule has 21 heavy (non-hydrogen) atoms. The lowest BCUT2D eigenvalue weighted by Gasteiger charge is -2.27. The second kappa shape index (κ2) is 7.92. The zero-order valence-electron chi connectivity index (χ0n) is 13.4. The van der Waals surface area contributed by atoms with Crippen molar-refractivity contribution < 1.29 is 13.5 Å². The number of benzene rings is 1. The first kappa shape index (κ1) is 18.1. The molecule has 1 aromatic rings. The number of sulfonamides is 1. The minimum Gasteiger partial charge on any atom is -0.389 e. The number of nitrogens with zero attached hydrogens (tertiary/aromatic N) is 1. The van der Waals surface area contributed by atoms with Crippen molar-refractivity contribution in [2.75, 3.05) is 6.54 Å². The summed E-state index contributed by atoms with van der Waals surface area (Å²) in [6, 6.07) is 6.49. The molecule has 2 unspecified atom stereocenters. The molecule has 5 heteroatoms. The van der Waals surface area contributed by atoms with Crippen LogP contribution in [0.1, 0.15) is 58.6 Å². The van der Waals surface area contributed by atoms with E-state index in [1.165, 1.54) is 0 Å². The summed E-state index contributed by atoms with van der Waals surface area (Å²) in [6.45, 7) is 8.20. The fourth-order valence-electron chi connectivity index (χ4n) is 2.15. The van der Waals surface area contributed by atoms with Crippen LogP contribution >= 0.6 is 0 Å². The molecule has 0 saturated carbocycles. The monoisotopic (exact) mass is 313 g/mol. The van der Waals surface area contributed by atoms with E-state index < -0.39 is 16.1 Å². The van der Waals surface area contributed by atoms with Crippen LogP contribution in [0.4, 0.5) is 0 Å². The van der Waals surface area contributed by atoms with Gasteiger partial charge < -0.3 is 5.11 Å². The zero-order chi connectivity index (χ0) is 16.0. The largest absolute Gasteiger partial charge is 0.389 e. The summed E-state index contributed by atoms with van der Waals surface area (Å²) in [4.78, 5) is 0.295. The summed E-state index contributed by atoms with van der Waals surface area (Å²) in [5.74, 6) is 0. The zero-order valence-corrected chi connectivity index (χ0v) is 14.2. The van der Waals surface area contributed by atoms with E-state index in [9.17, 15) is 13.5 Å². The highest BCUT2D eigenvalue weighted by molar-refractivity contribution is 7.89. The van der Waals surface area contributed by atoms with Crippen molar-refractivity contribution in [3.63, 3.8) is 0 Å². The normalized spacial score (nSPS) is 15.1. The third kappa shape index (κ3) is 4.53. The summed E-state index contributed by atoms with van der Waals surface area (Å²) in [7, 11) is -3.48. The van der Waals surface area contributed by atoms with Crippen molar-refractivity contribution in [3.05, 3.63) is 29.8 Å². The van der Waals surface area contributed by atoms with Crippen LogP contribution in [0, 0.1) is 0 Å². The third-order valence-corrected chi connectivity index (χ3v) is 5.81. The molecule has 0 saturated heterocycles. The minimum atomic E-state index is -3.48. The highest BCUT2D eigenvalue weighted by Gasteiger charge is 2.27.